The van der Waals surface area contributed by atoms with Crippen LogP contribution in [0.4, 0.5) is 22.9 Å². The third-order valence-electron chi connectivity index (χ3n) is 7.07. The predicted octanol–water partition coefficient (Wildman–Crippen LogP) is 6.89. The highest BCUT2D eigenvalue weighted by molar-refractivity contribution is 6.05. The van der Waals surface area contributed by atoms with E-state index >= 15 is 0 Å². The number of nitrogens with one attached hydrogen (secondary N) is 3. The topological polar surface area (TPSA) is 118 Å². The summed E-state index contributed by atoms with van der Waals surface area (Å²) in [6.07, 6.45) is 3.09. The van der Waals surface area contributed by atoms with Gasteiger partial charge in [-0.25, -0.2) is 4.98 Å². The van der Waals surface area contributed by atoms with Crippen LogP contribution in [0.25, 0.3) is 11.3 Å². The lowest BCUT2D eigenvalue weighted by Crippen LogP contribution is -2.21. The molecule has 0 aliphatic rings. The number of anilines is 4. The maximum Gasteiger partial charge on any atom is 0.293 e. The van der Waals surface area contributed by atoms with Gasteiger partial charge >= 0.3 is 0 Å². The Labute approximate surface area is 249 Å². The summed E-state index contributed by atoms with van der Waals surface area (Å²) in [4.78, 5) is 43.1. The summed E-state index contributed by atoms with van der Waals surface area (Å²) in [5, 5.41) is 8.87. The van der Waals surface area contributed by atoms with Crippen molar-refractivity contribution < 1.29 is 14.0 Å². The Bertz CT molecular complexity index is 1850. The van der Waals surface area contributed by atoms with Crippen molar-refractivity contribution in [3.63, 3.8) is 0 Å². The predicted molar refractivity (Wildman–Crippen MR) is 169 cm³/mol. The monoisotopic (exact) mass is 575 g/mol. The third kappa shape index (κ3) is 6.56. The first-order valence-electron chi connectivity index (χ1n) is 13.8. The van der Waals surface area contributed by atoms with Gasteiger partial charge in [-0.05, 0) is 72.0 Å². The normalized spacial score (nSPS) is 11.2. The number of rotatable bonds is 7. The van der Waals surface area contributed by atoms with Gasteiger partial charge in [0.2, 0.25) is 0 Å². The number of nitrogens with zero attached hydrogens (tertiary/aromatic N) is 2. The van der Waals surface area contributed by atoms with Gasteiger partial charge in [-0.2, -0.15) is 0 Å². The number of furan rings is 1. The molecule has 0 saturated carbocycles. The Morgan fingerprint density at radius 1 is 0.860 bits per heavy atom. The van der Waals surface area contributed by atoms with Crippen molar-refractivity contribution in [2.45, 2.75) is 33.1 Å². The number of hydrogen-bond donors (Lipinski definition) is 3. The Morgan fingerprint density at radius 2 is 1.58 bits per heavy atom. The van der Waals surface area contributed by atoms with Crippen LogP contribution < -0.4 is 21.5 Å². The number of amides is 2. The van der Waals surface area contributed by atoms with Crippen LogP contribution in [0.15, 0.2) is 101 Å². The molecule has 0 saturated heterocycles. The van der Waals surface area contributed by atoms with E-state index in [-0.39, 0.29) is 34.4 Å². The second-order valence-electron chi connectivity index (χ2n) is 11.3. The zero-order valence-corrected chi connectivity index (χ0v) is 24.7. The minimum Gasteiger partial charge on any atom is -0.459 e. The van der Waals surface area contributed by atoms with Crippen molar-refractivity contribution in [3.05, 3.63) is 124 Å². The summed E-state index contributed by atoms with van der Waals surface area (Å²) in [5.41, 5.74) is 5.24. The van der Waals surface area contributed by atoms with Crippen LogP contribution in [-0.4, -0.2) is 21.4 Å². The van der Waals surface area contributed by atoms with E-state index < -0.39 is 0 Å². The van der Waals surface area contributed by atoms with E-state index in [9.17, 15) is 14.4 Å². The van der Waals surface area contributed by atoms with Crippen LogP contribution in [0.1, 0.15) is 52.8 Å². The molecule has 9 nitrogen and oxygen atoms in total. The van der Waals surface area contributed by atoms with Gasteiger partial charge in [-0.3, -0.25) is 14.4 Å². The molecule has 2 aromatic heterocycles. The minimum absolute atomic E-state index is 0.00445. The summed E-state index contributed by atoms with van der Waals surface area (Å²) in [6, 6.07) is 23.3. The molecule has 0 spiro atoms. The Hall–Kier alpha value is -5.44. The lowest BCUT2D eigenvalue weighted by Gasteiger charge is -2.19. The molecule has 3 aromatic carbocycles. The summed E-state index contributed by atoms with van der Waals surface area (Å²) in [5.74, 6) is -0.297. The lowest BCUT2D eigenvalue weighted by molar-refractivity contribution is 0.0994. The number of benzene rings is 3. The first-order valence-corrected chi connectivity index (χ1v) is 13.8. The summed E-state index contributed by atoms with van der Waals surface area (Å²) >= 11 is 0. The van der Waals surface area contributed by atoms with Gasteiger partial charge in [0.15, 0.2) is 11.6 Å². The van der Waals surface area contributed by atoms with Crippen molar-refractivity contribution >= 4 is 34.7 Å². The fraction of sp³-hybridized carbons (Fsp3) is 0.176. The second-order valence-corrected chi connectivity index (χ2v) is 11.3. The fourth-order valence-corrected chi connectivity index (χ4v) is 4.59. The van der Waals surface area contributed by atoms with Crippen molar-refractivity contribution in [1.82, 2.24) is 9.55 Å². The first kappa shape index (κ1) is 29.1. The van der Waals surface area contributed by atoms with Crippen molar-refractivity contribution in [1.29, 1.82) is 0 Å². The molecule has 0 aliphatic heterocycles. The molecule has 9 heteroatoms. The highest BCUT2D eigenvalue weighted by atomic mass is 16.3. The first-order chi connectivity index (χ1) is 20.5. The van der Waals surface area contributed by atoms with Crippen LogP contribution >= 0.6 is 0 Å². The molecular formula is C34H33N5O4. The molecule has 0 bridgehead atoms. The van der Waals surface area contributed by atoms with Crippen molar-refractivity contribution in [2.75, 3.05) is 16.0 Å². The molecule has 0 atom stereocenters. The summed E-state index contributed by atoms with van der Waals surface area (Å²) < 4.78 is 6.60. The molecule has 3 N–H and O–H groups in total. The zero-order valence-electron chi connectivity index (χ0n) is 24.7. The zero-order chi connectivity index (χ0) is 30.7. The largest absolute Gasteiger partial charge is 0.459 e. The van der Waals surface area contributed by atoms with Crippen LogP contribution in [0.3, 0.4) is 0 Å². The Morgan fingerprint density at radius 3 is 2.28 bits per heavy atom. The standard InChI is InChI=1S/C34H33N5O4/c1-21-26(11-7-12-27(21)38-31(40)22-14-16-23(17-15-22)34(2,3)4)28-20-39(5)33(42)30(37-28)35-24-9-6-10-25(19-24)36-32(41)29-13-8-18-43-29/h6-20H,1-5H3,(H,35,37)(H,36,41)(H,38,40). The maximum atomic E-state index is 13.1. The van der Waals surface area contributed by atoms with E-state index in [0.717, 1.165) is 16.7 Å². The van der Waals surface area contributed by atoms with E-state index in [0.29, 0.717) is 28.3 Å². The van der Waals surface area contributed by atoms with E-state index in [1.54, 1.807) is 49.6 Å². The number of aryl methyl sites for hydroxylation is 1. The average Bonchev–Trinajstić information content (AvgIpc) is 3.52. The van der Waals surface area contributed by atoms with Gasteiger partial charge in [0.25, 0.3) is 17.4 Å². The molecule has 0 aliphatic carbocycles. The molecule has 0 unspecified atom stereocenters. The molecule has 5 rings (SSSR count). The smallest absolute Gasteiger partial charge is 0.293 e. The number of carbonyl (C=O) groups excluding carboxylic acids is 2. The summed E-state index contributed by atoms with van der Waals surface area (Å²) in [7, 11) is 1.65. The molecule has 0 radical (unpaired) electrons. The minimum atomic E-state index is -0.387. The second kappa shape index (κ2) is 11.8. The molecule has 218 valence electrons. The third-order valence-corrected chi connectivity index (χ3v) is 7.07. The summed E-state index contributed by atoms with van der Waals surface area (Å²) in [6.45, 7) is 8.29. The van der Waals surface area contributed by atoms with Gasteiger partial charge in [0.1, 0.15) is 0 Å². The SMILES string of the molecule is Cc1c(NC(=O)c2ccc(C(C)(C)C)cc2)cccc1-c1cn(C)c(=O)c(Nc2cccc(NC(=O)c3ccco3)c2)n1. The van der Waals surface area contributed by atoms with E-state index in [4.69, 9.17) is 4.42 Å². The fourth-order valence-electron chi connectivity index (χ4n) is 4.59. The molecular weight excluding hydrogens is 542 g/mol. The van der Waals surface area contributed by atoms with Gasteiger partial charge < -0.3 is 24.9 Å². The average molecular weight is 576 g/mol. The lowest BCUT2D eigenvalue weighted by atomic mass is 9.86. The van der Waals surface area contributed by atoms with Gasteiger partial charge in [-0.1, -0.05) is 51.1 Å². The van der Waals surface area contributed by atoms with E-state index in [1.165, 1.54) is 10.8 Å². The van der Waals surface area contributed by atoms with Crippen molar-refractivity contribution in [2.24, 2.45) is 7.05 Å². The molecule has 2 amide bonds. The van der Waals surface area contributed by atoms with Crippen LogP contribution in [0.5, 0.6) is 0 Å². The number of carbonyl (C=O) groups is 2. The quantitative estimate of drug-likeness (QED) is 0.194. The Balaban J connectivity index is 1.38. The highest BCUT2D eigenvalue weighted by Crippen LogP contribution is 2.29. The highest BCUT2D eigenvalue weighted by Gasteiger charge is 2.17. The molecule has 5 aromatic rings. The maximum absolute atomic E-state index is 13.1. The van der Waals surface area contributed by atoms with Crippen LogP contribution in [-0.2, 0) is 12.5 Å². The molecule has 43 heavy (non-hydrogen) atoms. The van der Waals surface area contributed by atoms with Gasteiger partial charge in [-0.15, -0.1) is 0 Å². The van der Waals surface area contributed by atoms with E-state index in [1.807, 2.05) is 49.4 Å². The number of aromatic nitrogens is 2. The Kier molecular flexibility index (Phi) is 7.98. The number of hydrogen-bond acceptors (Lipinski definition) is 6. The molecule has 2 heterocycles. The van der Waals surface area contributed by atoms with Crippen LogP contribution in [0.2, 0.25) is 0 Å². The van der Waals surface area contributed by atoms with Crippen LogP contribution in [0, 0.1) is 6.92 Å². The van der Waals surface area contributed by atoms with Crippen molar-refractivity contribution in [3.8, 4) is 11.3 Å². The van der Waals surface area contributed by atoms with Gasteiger partial charge in [0, 0.05) is 41.4 Å². The van der Waals surface area contributed by atoms with E-state index in [2.05, 4.69) is 41.7 Å². The molecule has 0 fully saturated rings. The van der Waals surface area contributed by atoms with Gasteiger partial charge in [0.05, 0.1) is 12.0 Å².